The Labute approximate surface area is 130 Å². The second kappa shape index (κ2) is 4.92. The molecule has 0 aromatic carbocycles. The summed E-state index contributed by atoms with van der Waals surface area (Å²) in [5.41, 5.74) is 2.64. The summed E-state index contributed by atoms with van der Waals surface area (Å²) in [7, 11) is 0. The highest BCUT2D eigenvalue weighted by Gasteiger charge is 2.16. The van der Waals surface area contributed by atoms with Gasteiger partial charge in [0.25, 0.3) is 5.56 Å². The molecule has 0 aliphatic carbocycles. The first kappa shape index (κ1) is 14.2. The van der Waals surface area contributed by atoms with Crippen LogP contribution in [0, 0.1) is 32.5 Å². The summed E-state index contributed by atoms with van der Waals surface area (Å²) in [4.78, 5) is 17.9. The predicted octanol–water partition coefficient (Wildman–Crippen LogP) is 3.39. The lowest BCUT2D eigenvalue weighted by Crippen LogP contribution is -2.23. The van der Waals surface area contributed by atoms with Gasteiger partial charge in [0.1, 0.15) is 10.6 Å². The summed E-state index contributed by atoms with van der Waals surface area (Å²) in [6.07, 6.45) is 0. The van der Waals surface area contributed by atoms with Gasteiger partial charge in [-0.05, 0) is 45.5 Å². The van der Waals surface area contributed by atoms with E-state index in [1.54, 1.807) is 15.9 Å². The third-order valence-corrected chi connectivity index (χ3v) is 5.25. The molecule has 7 heteroatoms. The average Bonchev–Trinajstić information content (AvgIpc) is 2.87. The van der Waals surface area contributed by atoms with Gasteiger partial charge in [0.2, 0.25) is 0 Å². The number of thiophene rings is 1. The van der Waals surface area contributed by atoms with Crippen LogP contribution in [0.4, 0.5) is 0 Å². The number of rotatable bonds is 2. The van der Waals surface area contributed by atoms with E-state index in [4.69, 9.17) is 16.7 Å². The quantitative estimate of drug-likeness (QED) is 0.735. The van der Waals surface area contributed by atoms with Crippen LogP contribution in [0.15, 0.2) is 9.32 Å². The highest BCUT2D eigenvalue weighted by Crippen LogP contribution is 2.26. The van der Waals surface area contributed by atoms with Crippen LogP contribution in [-0.4, -0.2) is 14.7 Å². The number of aryl methyl sites for hydroxylation is 4. The van der Waals surface area contributed by atoms with Crippen molar-refractivity contribution in [1.29, 1.82) is 0 Å². The molecule has 0 bridgehead atoms. The van der Waals surface area contributed by atoms with E-state index < -0.39 is 0 Å². The van der Waals surface area contributed by atoms with Crippen LogP contribution in [0.1, 0.15) is 27.5 Å². The van der Waals surface area contributed by atoms with Crippen LogP contribution in [0.5, 0.6) is 0 Å². The molecule has 5 nitrogen and oxygen atoms in total. The molecular weight excluding hydrogens is 306 g/mol. The third-order valence-electron chi connectivity index (χ3n) is 3.81. The van der Waals surface area contributed by atoms with Crippen molar-refractivity contribution in [3.05, 3.63) is 42.6 Å². The molecule has 3 aromatic heterocycles. The van der Waals surface area contributed by atoms with Crippen molar-refractivity contribution >= 4 is 33.8 Å². The minimum atomic E-state index is -0.0596. The van der Waals surface area contributed by atoms with Gasteiger partial charge in [-0.2, -0.15) is 0 Å². The normalized spacial score (nSPS) is 11.4. The van der Waals surface area contributed by atoms with Crippen LogP contribution in [0.3, 0.4) is 0 Å². The fourth-order valence-electron chi connectivity index (χ4n) is 2.39. The van der Waals surface area contributed by atoms with E-state index in [0.717, 1.165) is 31.9 Å². The Morgan fingerprint density at radius 1 is 1.33 bits per heavy atom. The molecule has 0 aliphatic heterocycles. The minimum Gasteiger partial charge on any atom is -0.361 e. The molecule has 110 valence electrons. The van der Waals surface area contributed by atoms with Gasteiger partial charge in [-0.1, -0.05) is 5.16 Å². The maximum Gasteiger partial charge on any atom is 0.263 e. The van der Waals surface area contributed by atoms with Crippen molar-refractivity contribution in [3.8, 4) is 0 Å². The Bertz CT molecular complexity index is 940. The van der Waals surface area contributed by atoms with Gasteiger partial charge in [-0.25, -0.2) is 0 Å². The van der Waals surface area contributed by atoms with Crippen molar-refractivity contribution in [2.24, 2.45) is 0 Å². The zero-order valence-corrected chi connectivity index (χ0v) is 13.9. The molecule has 0 saturated heterocycles. The van der Waals surface area contributed by atoms with E-state index >= 15 is 0 Å². The predicted molar refractivity (Wildman–Crippen MR) is 85.8 cm³/mol. The van der Waals surface area contributed by atoms with E-state index in [-0.39, 0.29) is 5.56 Å². The molecule has 0 saturated carbocycles. The number of aromatic nitrogens is 3. The molecule has 0 aliphatic rings. The average molecular weight is 321 g/mol. The number of nitrogens with one attached hydrogen (secondary N) is 1. The van der Waals surface area contributed by atoms with Crippen LogP contribution in [-0.2, 0) is 6.54 Å². The molecule has 0 fully saturated rings. The molecule has 0 spiro atoms. The first-order valence-electron chi connectivity index (χ1n) is 6.54. The molecular formula is C14H15N3O2S2. The second-order valence-electron chi connectivity index (χ2n) is 5.11. The molecule has 0 unspecified atom stereocenters. The van der Waals surface area contributed by atoms with Crippen molar-refractivity contribution in [1.82, 2.24) is 14.7 Å². The first-order valence-corrected chi connectivity index (χ1v) is 7.77. The summed E-state index contributed by atoms with van der Waals surface area (Å²) >= 11 is 6.91. The summed E-state index contributed by atoms with van der Waals surface area (Å²) < 4.78 is 7.15. The summed E-state index contributed by atoms with van der Waals surface area (Å²) in [5, 5.41) is 4.64. The van der Waals surface area contributed by atoms with Gasteiger partial charge < -0.3 is 9.51 Å². The van der Waals surface area contributed by atoms with Gasteiger partial charge >= 0.3 is 0 Å². The monoisotopic (exact) mass is 321 g/mol. The fourth-order valence-corrected chi connectivity index (χ4v) is 3.76. The number of nitrogens with zero attached hydrogens (tertiary/aromatic N) is 2. The third kappa shape index (κ3) is 2.16. The van der Waals surface area contributed by atoms with Crippen LogP contribution < -0.4 is 5.56 Å². The topological polar surface area (TPSA) is 63.8 Å². The van der Waals surface area contributed by atoms with E-state index in [9.17, 15) is 4.79 Å². The number of aromatic amines is 1. The molecule has 0 atom stereocenters. The maximum atomic E-state index is 12.8. The van der Waals surface area contributed by atoms with Crippen molar-refractivity contribution < 1.29 is 4.52 Å². The Kier molecular flexibility index (Phi) is 3.33. The number of H-pyrrole nitrogens is 1. The van der Waals surface area contributed by atoms with E-state index in [1.807, 2.05) is 27.7 Å². The number of fused-ring (bicyclic) bond motifs is 1. The van der Waals surface area contributed by atoms with Crippen molar-refractivity contribution in [2.75, 3.05) is 0 Å². The largest absolute Gasteiger partial charge is 0.361 e. The van der Waals surface area contributed by atoms with Crippen LogP contribution >= 0.6 is 23.6 Å². The Morgan fingerprint density at radius 3 is 2.67 bits per heavy atom. The van der Waals surface area contributed by atoms with Crippen LogP contribution in [0.25, 0.3) is 10.2 Å². The zero-order chi connectivity index (χ0) is 15.3. The first-order chi connectivity index (χ1) is 9.90. The van der Waals surface area contributed by atoms with E-state index in [1.165, 1.54) is 0 Å². The lowest BCUT2D eigenvalue weighted by molar-refractivity contribution is 0.392. The Morgan fingerprint density at radius 2 is 2.05 bits per heavy atom. The SMILES string of the molecule is Cc1noc(C)c1Cn1c(=S)[nH]c2sc(C)c(C)c2c1=O. The molecule has 21 heavy (non-hydrogen) atoms. The summed E-state index contributed by atoms with van der Waals surface area (Å²) in [5.74, 6) is 0.715. The van der Waals surface area contributed by atoms with Gasteiger partial charge in [0.05, 0.1) is 17.6 Å². The maximum absolute atomic E-state index is 12.8. The standard InChI is InChI=1S/C14H15N3O2S2/c1-6-9(4)21-12-11(6)13(18)17(14(20)15-12)5-10-7(2)16-19-8(10)3/h5H2,1-4H3,(H,15,20). The van der Waals surface area contributed by atoms with E-state index in [2.05, 4.69) is 10.1 Å². The Balaban J connectivity index is 2.26. The number of hydrogen-bond acceptors (Lipinski definition) is 5. The fraction of sp³-hybridized carbons (Fsp3) is 0.357. The van der Waals surface area contributed by atoms with Gasteiger partial charge in [0, 0.05) is 10.4 Å². The second-order valence-corrected chi connectivity index (χ2v) is 6.72. The van der Waals surface area contributed by atoms with E-state index in [0.29, 0.717) is 17.1 Å². The van der Waals surface area contributed by atoms with Crippen molar-refractivity contribution in [2.45, 2.75) is 34.2 Å². The zero-order valence-electron chi connectivity index (χ0n) is 12.2. The highest BCUT2D eigenvalue weighted by molar-refractivity contribution is 7.71. The van der Waals surface area contributed by atoms with Gasteiger partial charge in [0.15, 0.2) is 4.77 Å². The molecule has 3 rings (SSSR count). The van der Waals surface area contributed by atoms with Crippen molar-refractivity contribution in [3.63, 3.8) is 0 Å². The molecule has 3 aromatic rings. The molecule has 0 radical (unpaired) electrons. The van der Waals surface area contributed by atoms with Crippen LogP contribution in [0.2, 0.25) is 0 Å². The highest BCUT2D eigenvalue weighted by atomic mass is 32.1. The van der Waals surface area contributed by atoms with Gasteiger partial charge in [-0.3, -0.25) is 9.36 Å². The summed E-state index contributed by atoms with van der Waals surface area (Å²) in [6.45, 7) is 8.05. The van der Waals surface area contributed by atoms with Gasteiger partial charge in [-0.15, -0.1) is 11.3 Å². The minimum absolute atomic E-state index is 0.0596. The molecule has 0 amide bonds. The molecule has 3 heterocycles. The lowest BCUT2D eigenvalue weighted by Gasteiger charge is -2.06. The smallest absolute Gasteiger partial charge is 0.263 e. The molecule has 1 N–H and O–H groups in total. The lowest BCUT2D eigenvalue weighted by atomic mass is 10.2. The Hall–Kier alpha value is -1.73. The summed E-state index contributed by atoms with van der Waals surface area (Å²) in [6, 6.07) is 0. The number of hydrogen-bond donors (Lipinski definition) is 1.